The molecule has 0 aromatic heterocycles. The molecule has 4 nitrogen and oxygen atoms in total. The second kappa shape index (κ2) is 6.79. The molecule has 0 spiro atoms. The Balaban J connectivity index is 2.74. The molecular formula is C15H23FN2O2. The summed E-state index contributed by atoms with van der Waals surface area (Å²) in [6.45, 7) is 9.44. The van der Waals surface area contributed by atoms with Gasteiger partial charge < -0.3 is 5.32 Å². The van der Waals surface area contributed by atoms with Gasteiger partial charge in [0.15, 0.2) is 0 Å². The van der Waals surface area contributed by atoms with E-state index in [9.17, 15) is 14.5 Å². The van der Waals surface area contributed by atoms with E-state index >= 15 is 0 Å². The standard InChI is InChI=1S/C15H23FN2O2/c1-5-17-14(15(2,3)4)9-7-11-6-8-13(18(19)20)12(16)10-11/h6,8,10,14,17H,5,7,9H2,1-4H3. The van der Waals surface area contributed by atoms with Gasteiger partial charge in [-0.25, -0.2) is 0 Å². The number of nitro benzene ring substituents is 1. The zero-order chi connectivity index (χ0) is 15.3. The highest BCUT2D eigenvalue weighted by Crippen LogP contribution is 2.24. The monoisotopic (exact) mass is 282 g/mol. The van der Waals surface area contributed by atoms with E-state index in [0.29, 0.717) is 12.5 Å². The summed E-state index contributed by atoms with van der Waals surface area (Å²) in [6.07, 6.45) is 1.57. The summed E-state index contributed by atoms with van der Waals surface area (Å²) in [5, 5.41) is 14.0. The fourth-order valence-electron chi connectivity index (χ4n) is 2.25. The van der Waals surface area contributed by atoms with Crippen LogP contribution in [0.1, 0.15) is 39.7 Å². The number of nitrogens with one attached hydrogen (secondary N) is 1. The third-order valence-electron chi connectivity index (χ3n) is 3.43. The van der Waals surface area contributed by atoms with Crippen LogP contribution in [-0.2, 0) is 6.42 Å². The van der Waals surface area contributed by atoms with Crippen LogP contribution in [0.15, 0.2) is 18.2 Å². The zero-order valence-electron chi connectivity index (χ0n) is 12.6. The Labute approximate surface area is 119 Å². The molecule has 0 saturated heterocycles. The van der Waals surface area contributed by atoms with Gasteiger partial charge in [-0.15, -0.1) is 0 Å². The first-order chi connectivity index (χ1) is 9.25. The maximum absolute atomic E-state index is 13.6. The third kappa shape index (κ3) is 4.56. The second-order valence-corrected chi connectivity index (χ2v) is 6.06. The molecule has 1 unspecified atom stereocenters. The van der Waals surface area contributed by atoms with E-state index in [-0.39, 0.29) is 5.41 Å². The molecule has 112 valence electrons. The molecule has 1 aromatic carbocycles. The molecule has 0 amide bonds. The molecule has 0 aliphatic heterocycles. The van der Waals surface area contributed by atoms with Crippen molar-refractivity contribution in [3.8, 4) is 0 Å². The van der Waals surface area contributed by atoms with Crippen LogP contribution in [-0.4, -0.2) is 17.5 Å². The first-order valence-corrected chi connectivity index (χ1v) is 6.92. The molecule has 1 atom stereocenters. The van der Waals surface area contributed by atoms with Crippen LogP contribution in [0.25, 0.3) is 0 Å². The summed E-state index contributed by atoms with van der Waals surface area (Å²) in [5.74, 6) is -0.761. The minimum Gasteiger partial charge on any atom is -0.314 e. The van der Waals surface area contributed by atoms with Crippen LogP contribution in [0.5, 0.6) is 0 Å². The Morgan fingerprint density at radius 3 is 2.50 bits per heavy atom. The average molecular weight is 282 g/mol. The Bertz CT molecular complexity index is 469. The van der Waals surface area contributed by atoms with Gasteiger partial charge in [-0.05, 0) is 36.4 Å². The number of hydrogen-bond acceptors (Lipinski definition) is 3. The summed E-state index contributed by atoms with van der Waals surface area (Å²) in [7, 11) is 0. The minimum atomic E-state index is -0.761. The van der Waals surface area contributed by atoms with Crippen molar-refractivity contribution in [2.45, 2.75) is 46.6 Å². The van der Waals surface area contributed by atoms with Crippen molar-refractivity contribution >= 4 is 5.69 Å². The van der Waals surface area contributed by atoms with Crippen molar-refractivity contribution in [2.75, 3.05) is 6.54 Å². The van der Waals surface area contributed by atoms with Crippen LogP contribution in [0, 0.1) is 21.3 Å². The number of halogens is 1. The zero-order valence-corrected chi connectivity index (χ0v) is 12.6. The lowest BCUT2D eigenvalue weighted by Gasteiger charge is -2.31. The molecule has 1 rings (SSSR count). The number of nitro groups is 1. The van der Waals surface area contributed by atoms with Gasteiger partial charge in [0.2, 0.25) is 5.82 Å². The molecule has 0 radical (unpaired) electrons. The van der Waals surface area contributed by atoms with Crippen LogP contribution in [0.2, 0.25) is 0 Å². The van der Waals surface area contributed by atoms with Gasteiger partial charge in [-0.1, -0.05) is 33.8 Å². The van der Waals surface area contributed by atoms with Gasteiger partial charge in [0.1, 0.15) is 0 Å². The van der Waals surface area contributed by atoms with E-state index in [4.69, 9.17) is 0 Å². The number of aryl methyl sites for hydroxylation is 1. The smallest absolute Gasteiger partial charge is 0.304 e. The Morgan fingerprint density at radius 2 is 2.05 bits per heavy atom. The van der Waals surface area contributed by atoms with E-state index in [0.717, 1.165) is 18.5 Å². The summed E-state index contributed by atoms with van der Waals surface area (Å²) in [6, 6.07) is 4.46. The molecule has 0 aliphatic rings. The Hall–Kier alpha value is -1.49. The SMILES string of the molecule is CCNC(CCc1ccc([N+](=O)[O-])c(F)c1)C(C)(C)C. The molecule has 1 aromatic rings. The first kappa shape index (κ1) is 16.6. The lowest BCUT2D eigenvalue weighted by atomic mass is 9.83. The number of nitrogens with zero attached hydrogens (tertiary/aromatic N) is 1. The van der Waals surface area contributed by atoms with Gasteiger partial charge in [-0.2, -0.15) is 4.39 Å². The second-order valence-electron chi connectivity index (χ2n) is 6.06. The van der Waals surface area contributed by atoms with Gasteiger partial charge in [0.05, 0.1) is 4.92 Å². The maximum Gasteiger partial charge on any atom is 0.304 e. The predicted molar refractivity (Wildman–Crippen MR) is 78.3 cm³/mol. The van der Waals surface area contributed by atoms with E-state index < -0.39 is 16.4 Å². The summed E-state index contributed by atoms with van der Waals surface area (Å²) >= 11 is 0. The maximum atomic E-state index is 13.6. The van der Waals surface area contributed by atoms with Gasteiger partial charge in [-0.3, -0.25) is 10.1 Å². The molecule has 20 heavy (non-hydrogen) atoms. The Kier molecular flexibility index (Phi) is 5.62. The van der Waals surface area contributed by atoms with Crippen LogP contribution >= 0.6 is 0 Å². The summed E-state index contributed by atoms with van der Waals surface area (Å²) < 4.78 is 13.6. The van der Waals surface area contributed by atoms with Crippen molar-refractivity contribution in [2.24, 2.45) is 5.41 Å². The molecule has 0 saturated carbocycles. The van der Waals surface area contributed by atoms with Crippen molar-refractivity contribution < 1.29 is 9.31 Å². The van der Waals surface area contributed by atoms with Gasteiger partial charge in [0.25, 0.3) is 0 Å². The van der Waals surface area contributed by atoms with Crippen LogP contribution < -0.4 is 5.32 Å². The lowest BCUT2D eigenvalue weighted by molar-refractivity contribution is -0.387. The molecule has 1 N–H and O–H groups in total. The largest absolute Gasteiger partial charge is 0.314 e. The molecular weight excluding hydrogens is 259 g/mol. The molecule has 0 bridgehead atoms. The van der Waals surface area contributed by atoms with Crippen molar-refractivity contribution in [1.29, 1.82) is 0 Å². The number of benzene rings is 1. The predicted octanol–water partition coefficient (Wildman–Crippen LogP) is 3.69. The first-order valence-electron chi connectivity index (χ1n) is 6.92. The number of rotatable bonds is 6. The number of hydrogen-bond donors (Lipinski definition) is 1. The van der Waals surface area contributed by atoms with E-state index in [2.05, 4.69) is 33.0 Å². The Morgan fingerprint density at radius 1 is 1.40 bits per heavy atom. The summed E-state index contributed by atoms with van der Waals surface area (Å²) in [4.78, 5) is 9.87. The minimum absolute atomic E-state index is 0.120. The van der Waals surface area contributed by atoms with Crippen molar-refractivity contribution in [3.05, 3.63) is 39.7 Å². The summed E-state index contributed by atoms with van der Waals surface area (Å²) in [5.41, 5.74) is 0.447. The average Bonchev–Trinajstić information content (AvgIpc) is 2.32. The van der Waals surface area contributed by atoms with E-state index in [1.165, 1.54) is 12.1 Å². The fourth-order valence-corrected chi connectivity index (χ4v) is 2.25. The van der Waals surface area contributed by atoms with Gasteiger partial charge in [0, 0.05) is 12.1 Å². The highest BCUT2D eigenvalue weighted by Gasteiger charge is 2.23. The third-order valence-corrected chi connectivity index (χ3v) is 3.43. The fraction of sp³-hybridized carbons (Fsp3) is 0.600. The molecule has 0 heterocycles. The van der Waals surface area contributed by atoms with E-state index in [1.807, 2.05) is 0 Å². The van der Waals surface area contributed by atoms with Crippen molar-refractivity contribution in [3.63, 3.8) is 0 Å². The normalized spacial score (nSPS) is 13.2. The van der Waals surface area contributed by atoms with Crippen LogP contribution in [0.3, 0.4) is 0 Å². The van der Waals surface area contributed by atoms with E-state index in [1.54, 1.807) is 6.07 Å². The lowest BCUT2D eigenvalue weighted by Crippen LogP contribution is -2.40. The highest BCUT2D eigenvalue weighted by molar-refractivity contribution is 5.35. The molecule has 5 heteroatoms. The highest BCUT2D eigenvalue weighted by atomic mass is 19.1. The quantitative estimate of drug-likeness (QED) is 0.639. The van der Waals surface area contributed by atoms with Crippen molar-refractivity contribution in [1.82, 2.24) is 5.32 Å². The topological polar surface area (TPSA) is 55.2 Å². The van der Waals surface area contributed by atoms with Crippen LogP contribution in [0.4, 0.5) is 10.1 Å². The molecule has 0 fully saturated rings. The molecule has 0 aliphatic carbocycles. The van der Waals surface area contributed by atoms with Gasteiger partial charge >= 0.3 is 5.69 Å².